The second-order valence-corrected chi connectivity index (χ2v) is 10.9. The molecule has 4 aromatic rings. The maximum atomic E-state index is 12.5. The first-order valence-corrected chi connectivity index (χ1v) is 14.5. The van der Waals surface area contributed by atoms with E-state index in [0.717, 1.165) is 38.9 Å². The number of fused-ring (bicyclic) bond motifs is 1. The summed E-state index contributed by atoms with van der Waals surface area (Å²) < 4.78 is 19.4. The third-order valence-electron chi connectivity index (χ3n) is 7.52. The maximum absolute atomic E-state index is 12.5. The van der Waals surface area contributed by atoms with Gasteiger partial charge in [-0.1, -0.05) is 60.7 Å². The number of esters is 1. The summed E-state index contributed by atoms with van der Waals surface area (Å²) in [6.07, 6.45) is 3.05. The van der Waals surface area contributed by atoms with Crippen LogP contribution in [-0.2, 0) is 19.7 Å². The molecule has 41 heavy (non-hydrogen) atoms. The Morgan fingerprint density at radius 2 is 1.61 bits per heavy atom. The molecule has 1 aliphatic rings. The Morgan fingerprint density at radius 3 is 2.24 bits per heavy atom. The summed E-state index contributed by atoms with van der Waals surface area (Å²) in [5.41, 5.74) is 1.94. The van der Waals surface area contributed by atoms with Crippen LogP contribution < -0.4 is 4.74 Å². The molecule has 0 spiro atoms. The zero-order valence-electron chi connectivity index (χ0n) is 24.1. The smallest absolute Gasteiger partial charge is 0.319 e. The predicted molar refractivity (Wildman–Crippen MR) is 156 cm³/mol. The summed E-state index contributed by atoms with van der Waals surface area (Å²) in [6, 6.07) is 24.5. The van der Waals surface area contributed by atoms with Gasteiger partial charge in [-0.15, -0.1) is 15.3 Å². The number of carbonyl (C=O) groups excluding carboxylic acids is 1. The van der Waals surface area contributed by atoms with Crippen LogP contribution in [-0.4, -0.2) is 69.6 Å². The zero-order chi connectivity index (χ0) is 28.7. The van der Waals surface area contributed by atoms with Crippen molar-refractivity contribution in [3.05, 3.63) is 89.7 Å². The fraction of sp³-hybridized carbons (Fsp3) is 0.438. The number of carbonyl (C=O) groups is 1. The summed E-state index contributed by atoms with van der Waals surface area (Å²) in [5, 5.41) is 12.9. The highest BCUT2D eigenvalue weighted by molar-refractivity contribution is 5.81. The molecular weight excluding hydrogens is 518 g/mol. The standard InChI is InChI=1S/C32H39N5O4/c1-4-39-31(38)32(2,3)30-34-33-27-16-17-28(35-37(27)30)40-23-11-20-36-21-18-26(19-22-36)41-29(24-12-7-5-8-13-24)25-14-9-6-10-15-25/h5-10,12-17,26,29H,4,11,18-23H2,1-3H3. The molecule has 0 atom stereocenters. The van der Waals surface area contributed by atoms with E-state index in [4.69, 9.17) is 14.2 Å². The van der Waals surface area contributed by atoms with E-state index >= 15 is 0 Å². The first kappa shape index (κ1) is 28.7. The zero-order valence-corrected chi connectivity index (χ0v) is 24.1. The molecular formula is C32H39N5O4. The van der Waals surface area contributed by atoms with Crippen molar-refractivity contribution in [1.29, 1.82) is 0 Å². The lowest BCUT2D eigenvalue weighted by Crippen LogP contribution is -2.38. The molecule has 1 aliphatic heterocycles. The number of hydrogen-bond donors (Lipinski definition) is 0. The topological polar surface area (TPSA) is 91.1 Å². The van der Waals surface area contributed by atoms with Crippen LogP contribution in [0.15, 0.2) is 72.8 Å². The molecule has 0 aliphatic carbocycles. The van der Waals surface area contributed by atoms with Crippen LogP contribution in [0, 0.1) is 0 Å². The van der Waals surface area contributed by atoms with Crippen molar-refractivity contribution in [1.82, 2.24) is 24.7 Å². The van der Waals surface area contributed by atoms with E-state index in [1.807, 2.05) is 12.1 Å². The number of benzene rings is 2. The lowest BCUT2D eigenvalue weighted by molar-refractivity contribution is -0.149. The summed E-state index contributed by atoms with van der Waals surface area (Å²) >= 11 is 0. The number of aromatic nitrogens is 4. The largest absolute Gasteiger partial charge is 0.477 e. The van der Waals surface area contributed by atoms with Crippen molar-refractivity contribution in [2.45, 2.75) is 57.7 Å². The number of nitrogens with zero attached hydrogens (tertiary/aromatic N) is 5. The fourth-order valence-corrected chi connectivity index (χ4v) is 5.17. The predicted octanol–water partition coefficient (Wildman–Crippen LogP) is 5.00. The van der Waals surface area contributed by atoms with Gasteiger partial charge in [0.1, 0.15) is 11.5 Å². The second kappa shape index (κ2) is 13.2. The number of hydrogen-bond acceptors (Lipinski definition) is 8. The van der Waals surface area contributed by atoms with Gasteiger partial charge in [-0.2, -0.15) is 4.52 Å². The van der Waals surface area contributed by atoms with Crippen molar-refractivity contribution in [3.8, 4) is 5.88 Å². The number of rotatable bonds is 12. The Hall–Kier alpha value is -3.82. The van der Waals surface area contributed by atoms with Gasteiger partial charge < -0.3 is 19.1 Å². The van der Waals surface area contributed by atoms with Crippen molar-refractivity contribution in [3.63, 3.8) is 0 Å². The molecule has 0 bridgehead atoms. The van der Waals surface area contributed by atoms with Crippen molar-refractivity contribution in [2.75, 3.05) is 32.8 Å². The van der Waals surface area contributed by atoms with E-state index in [0.29, 0.717) is 30.6 Å². The average Bonchev–Trinajstić information content (AvgIpc) is 3.44. The minimum atomic E-state index is -0.987. The Kier molecular flexibility index (Phi) is 9.26. The third-order valence-corrected chi connectivity index (χ3v) is 7.52. The highest BCUT2D eigenvalue weighted by Crippen LogP contribution is 2.30. The van der Waals surface area contributed by atoms with Crippen LogP contribution in [0.2, 0.25) is 0 Å². The normalized spacial score (nSPS) is 14.9. The van der Waals surface area contributed by atoms with E-state index in [2.05, 4.69) is 68.7 Å². The summed E-state index contributed by atoms with van der Waals surface area (Å²) in [7, 11) is 0. The molecule has 9 heteroatoms. The SMILES string of the molecule is CCOC(=O)C(C)(C)c1nnc2ccc(OCCCN3CCC(OC(c4ccccc4)c4ccccc4)CC3)nn12. The molecule has 9 nitrogen and oxygen atoms in total. The van der Waals surface area contributed by atoms with Gasteiger partial charge in [-0.3, -0.25) is 4.79 Å². The quantitative estimate of drug-likeness (QED) is 0.178. The summed E-state index contributed by atoms with van der Waals surface area (Å²) in [5.74, 6) is 0.522. The molecule has 2 aromatic heterocycles. The first-order valence-electron chi connectivity index (χ1n) is 14.5. The van der Waals surface area contributed by atoms with E-state index in [-0.39, 0.29) is 18.2 Å². The number of ether oxygens (including phenoxy) is 3. The molecule has 1 saturated heterocycles. The summed E-state index contributed by atoms with van der Waals surface area (Å²) in [4.78, 5) is 15.0. The molecule has 0 N–H and O–H groups in total. The van der Waals surface area contributed by atoms with Crippen molar-refractivity contribution >= 4 is 11.6 Å². The van der Waals surface area contributed by atoms with Gasteiger partial charge in [0.25, 0.3) is 0 Å². The number of piperidine rings is 1. The second-order valence-electron chi connectivity index (χ2n) is 10.9. The molecule has 216 valence electrons. The van der Waals surface area contributed by atoms with E-state index in [1.165, 1.54) is 11.1 Å². The first-order chi connectivity index (χ1) is 20.0. The van der Waals surface area contributed by atoms with Crippen LogP contribution in [0.1, 0.15) is 63.1 Å². The molecule has 0 amide bonds. The van der Waals surface area contributed by atoms with Gasteiger partial charge in [-0.05, 0) is 57.2 Å². The van der Waals surface area contributed by atoms with Gasteiger partial charge in [-0.25, -0.2) is 0 Å². The molecule has 0 unspecified atom stereocenters. The lowest BCUT2D eigenvalue weighted by atomic mass is 9.93. The van der Waals surface area contributed by atoms with Crippen LogP contribution in [0.5, 0.6) is 5.88 Å². The molecule has 0 radical (unpaired) electrons. The Balaban J connectivity index is 1.10. The molecule has 0 saturated carbocycles. The lowest BCUT2D eigenvalue weighted by Gasteiger charge is -2.34. The van der Waals surface area contributed by atoms with Gasteiger partial charge in [0, 0.05) is 25.7 Å². The molecule has 3 heterocycles. The van der Waals surface area contributed by atoms with Crippen LogP contribution in [0.3, 0.4) is 0 Å². The minimum Gasteiger partial charge on any atom is -0.477 e. The van der Waals surface area contributed by atoms with Crippen LogP contribution in [0.25, 0.3) is 5.65 Å². The fourth-order valence-electron chi connectivity index (χ4n) is 5.17. The summed E-state index contributed by atoms with van der Waals surface area (Å²) in [6.45, 7) is 9.08. The monoisotopic (exact) mass is 557 g/mol. The van der Waals surface area contributed by atoms with Crippen LogP contribution >= 0.6 is 0 Å². The number of likely N-dealkylation sites (tertiary alicyclic amines) is 1. The molecule has 1 fully saturated rings. The van der Waals surface area contributed by atoms with E-state index in [1.54, 1.807) is 37.4 Å². The van der Waals surface area contributed by atoms with Gasteiger partial charge in [0.05, 0.1) is 19.3 Å². The third kappa shape index (κ3) is 6.92. The van der Waals surface area contributed by atoms with Gasteiger partial charge in [0.15, 0.2) is 11.5 Å². The van der Waals surface area contributed by atoms with Crippen molar-refractivity contribution < 1.29 is 19.0 Å². The minimum absolute atomic E-state index is 0.0544. The Labute approximate surface area is 241 Å². The van der Waals surface area contributed by atoms with Gasteiger partial charge in [0.2, 0.25) is 5.88 Å². The van der Waals surface area contributed by atoms with E-state index in [9.17, 15) is 4.79 Å². The Bertz CT molecular complexity index is 1360. The van der Waals surface area contributed by atoms with Gasteiger partial charge >= 0.3 is 5.97 Å². The van der Waals surface area contributed by atoms with Crippen LogP contribution in [0.4, 0.5) is 0 Å². The van der Waals surface area contributed by atoms with Crippen molar-refractivity contribution in [2.24, 2.45) is 0 Å². The molecule has 5 rings (SSSR count). The highest BCUT2D eigenvalue weighted by atomic mass is 16.5. The Morgan fingerprint density at radius 1 is 0.951 bits per heavy atom. The molecule has 2 aromatic carbocycles. The van der Waals surface area contributed by atoms with E-state index < -0.39 is 5.41 Å². The average molecular weight is 558 g/mol. The maximum Gasteiger partial charge on any atom is 0.319 e. The highest BCUT2D eigenvalue weighted by Gasteiger charge is 2.37.